The molecule has 1 heterocycles. The molecule has 20 heavy (non-hydrogen) atoms. The molecule has 2 aromatic rings. The first-order valence-corrected chi connectivity index (χ1v) is 7.11. The molecule has 0 saturated heterocycles. The summed E-state index contributed by atoms with van der Waals surface area (Å²) in [5.74, 6) is 0.0772. The predicted octanol–water partition coefficient (Wildman–Crippen LogP) is 3.00. The van der Waals surface area contributed by atoms with Gasteiger partial charge in [-0.15, -0.1) is 0 Å². The Labute approximate surface area is 124 Å². The second-order valence-electron chi connectivity index (χ2n) is 4.01. The molecule has 0 saturated carbocycles. The lowest BCUT2D eigenvalue weighted by atomic mass is 10.2. The van der Waals surface area contributed by atoms with E-state index in [9.17, 15) is 9.18 Å². The third-order valence-corrected chi connectivity index (χ3v) is 3.66. The molecule has 0 atom stereocenters. The zero-order chi connectivity index (χ0) is 14.5. The highest BCUT2D eigenvalue weighted by Crippen LogP contribution is 2.22. The fraction of sp³-hybridized carbons (Fsp3) is 0.231. The molecule has 106 valence electrons. The molecule has 0 fully saturated rings. The van der Waals surface area contributed by atoms with Crippen molar-refractivity contribution >= 4 is 23.4 Å². The summed E-state index contributed by atoms with van der Waals surface area (Å²) < 4.78 is 18.0. The second kappa shape index (κ2) is 6.88. The minimum Gasteiger partial charge on any atom is -0.378 e. The van der Waals surface area contributed by atoms with Crippen LogP contribution in [-0.2, 0) is 17.1 Å². The molecular formula is C13H12ClFN2O2S. The maximum absolute atomic E-state index is 13.0. The SMILES string of the molecule is COCc1cc(=O)[nH]c(SCc2ccc(F)c(Cl)c2)n1. The predicted molar refractivity (Wildman–Crippen MR) is 76.5 cm³/mol. The highest BCUT2D eigenvalue weighted by atomic mass is 35.5. The maximum Gasteiger partial charge on any atom is 0.251 e. The Kier molecular flexibility index (Phi) is 5.17. The molecule has 1 aromatic heterocycles. The van der Waals surface area contributed by atoms with Crippen LogP contribution in [0.3, 0.4) is 0 Å². The summed E-state index contributed by atoms with van der Waals surface area (Å²) in [6, 6.07) is 5.91. The summed E-state index contributed by atoms with van der Waals surface area (Å²) in [6.45, 7) is 0.278. The fourth-order valence-electron chi connectivity index (χ4n) is 1.55. The number of thioether (sulfide) groups is 1. The lowest BCUT2D eigenvalue weighted by molar-refractivity contribution is 0.180. The van der Waals surface area contributed by atoms with Gasteiger partial charge in [-0.1, -0.05) is 29.4 Å². The Morgan fingerprint density at radius 2 is 2.25 bits per heavy atom. The minimum atomic E-state index is -0.450. The van der Waals surface area contributed by atoms with Crippen LogP contribution in [0.1, 0.15) is 11.3 Å². The van der Waals surface area contributed by atoms with Crippen molar-refractivity contribution in [1.29, 1.82) is 0 Å². The van der Waals surface area contributed by atoms with Crippen LogP contribution >= 0.6 is 23.4 Å². The van der Waals surface area contributed by atoms with Crippen LogP contribution in [0.5, 0.6) is 0 Å². The summed E-state index contributed by atoms with van der Waals surface area (Å²) >= 11 is 7.05. The quantitative estimate of drug-likeness (QED) is 0.681. The molecule has 0 aliphatic carbocycles. The van der Waals surface area contributed by atoms with Crippen LogP contribution in [0.2, 0.25) is 5.02 Å². The molecule has 1 N–H and O–H groups in total. The van der Waals surface area contributed by atoms with Crippen LogP contribution in [0, 0.1) is 5.82 Å². The number of hydrogen-bond donors (Lipinski definition) is 1. The Morgan fingerprint density at radius 3 is 2.95 bits per heavy atom. The number of halogens is 2. The largest absolute Gasteiger partial charge is 0.378 e. The summed E-state index contributed by atoms with van der Waals surface area (Å²) in [7, 11) is 1.54. The van der Waals surface area contributed by atoms with E-state index in [4.69, 9.17) is 16.3 Å². The van der Waals surface area contributed by atoms with E-state index in [1.54, 1.807) is 12.1 Å². The zero-order valence-corrected chi connectivity index (χ0v) is 12.2. The van der Waals surface area contributed by atoms with E-state index >= 15 is 0 Å². The van der Waals surface area contributed by atoms with Gasteiger partial charge in [0.15, 0.2) is 5.16 Å². The molecule has 0 spiro atoms. The van der Waals surface area contributed by atoms with Gasteiger partial charge in [-0.25, -0.2) is 9.37 Å². The molecule has 4 nitrogen and oxygen atoms in total. The maximum atomic E-state index is 13.0. The van der Waals surface area contributed by atoms with Gasteiger partial charge in [-0.05, 0) is 17.7 Å². The van der Waals surface area contributed by atoms with Crippen molar-refractivity contribution in [2.75, 3.05) is 7.11 Å². The van der Waals surface area contributed by atoms with Crippen molar-refractivity contribution in [2.45, 2.75) is 17.5 Å². The van der Waals surface area contributed by atoms with E-state index in [0.29, 0.717) is 16.6 Å². The molecule has 0 aliphatic rings. The number of ether oxygens (including phenoxy) is 1. The van der Waals surface area contributed by atoms with Crippen LogP contribution in [0.25, 0.3) is 0 Å². The van der Waals surface area contributed by atoms with Crippen molar-refractivity contribution in [1.82, 2.24) is 9.97 Å². The number of aromatic amines is 1. The van der Waals surface area contributed by atoms with E-state index in [2.05, 4.69) is 9.97 Å². The highest BCUT2D eigenvalue weighted by Gasteiger charge is 2.05. The zero-order valence-electron chi connectivity index (χ0n) is 10.7. The molecule has 0 aliphatic heterocycles. The minimum absolute atomic E-state index is 0.0812. The van der Waals surface area contributed by atoms with E-state index in [1.165, 1.54) is 31.0 Å². The molecule has 0 amide bonds. The van der Waals surface area contributed by atoms with Gasteiger partial charge in [-0.2, -0.15) is 0 Å². The van der Waals surface area contributed by atoms with Gasteiger partial charge >= 0.3 is 0 Å². The van der Waals surface area contributed by atoms with Gasteiger partial charge in [0.05, 0.1) is 17.3 Å². The first-order valence-electron chi connectivity index (χ1n) is 5.74. The topological polar surface area (TPSA) is 55.0 Å². The van der Waals surface area contributed by atoms with Gasteiger partial charge < -0.3 is 9.72 Å². The monoisotopic (exact) mass is 314 g/mol. The first kappa shape index (κ1) is 15.0. The Hall–Kier alpha value is -1.37. The average molecular weight is 315 g/mol. The van der Waals surface area contributed by atoms with Crippen LogP contribution in [0.4, 0.5) is 4.39 Å². The standard InChI is InChI=1S/C13H12ClFN2O2S/c1-19-6-9-5-12(18)17-13(16-9)20-7-8-2-3-11(15)10(14)4-8/h2-5H,6-7H2,1H3,(H,16,17,18). The van der Waals surface area contributed by atoms with Crippen molar-refractivity contribution in [3.63, 3.8) is 0 Å². The number of nitrogens with zero attached hydrogens (tertiary/aromatic N) is 1. The molecule has 7 heteroatoms. The van der Waals surface area contributed by atoms with Crippen LogP contribution in [-0.4, -0.2) is 17.1 Å². The Balaban J connectivity index is 2.10. The fourth-order valence-corrected chi connectivity index (χ4v) is 2.60. The van der Waals surface area contributed by atoms with E-state index in [1.807, 2.05) is 0 Å². The van der Waals surface area contributed by atoms with E-state index < -0.39 is 5.82 Å². The lowest BCUT2D eigenvalue weighted by Gasteiger charge is -2.04. The third kappa shape index (κ3) is 4.06. The number of hydrogen-bond acceptors (Lipinski definition) is 4. The lowest BCUT2D eigenvalue weighted by Crippen LogP contribution is -2.10. The number of aromatic nitrogens is 2. The Bertz CT molecular complexity index is 663. The smallest absolute Gasteiger partial charge is 0.251 e. The molecule has 0 radical (unpaired) electrons. The number of nitrogens with one attached hydrogen (secondary N) is 1. The van der Waals surface area contributed by atoms with Crippen molar-refractivity contribution in [3.8, 4) is 0 Å². The van der Waals surface area contributed by atoms with Gasteiger partial charge in [-0.3, -0.25) is 4.79 Å². The van der Waals surface area contributed by atoms with Crippen molar-refractivity contribution in [2.24, 2.45) is 0 Å². The van der Waals surface area contributed by atoms with Gasteiger partial charge in [0.2, 0.25) is 0 Å². The van der Waals surface area contributed by atoms with E-state index in [0.717, 1.165) is 5.56 Å². The van der Waals surface area contributed by atoms with Crippen LogP contribution < -0.4 is 5.56 Å². The summed E-state index contributed by atoms with van der Waals surface area (Å²) in [6.07, 6.45) is 0. The summed E-state index contributed by atoms with van der Waals surface area (Å²) in [4.78, 5) is 18.4. The first-order chi connectivity index (χ1) is 9.58. The molecule has 2 rings (SSSR count). The molecular weight excluding hydrogens is 303 g/mol. The third-order valence-electron chi connectivity index (χ3n) is 2.42. The second-order valence-corrected chi connectivity index (χ2v) is 5.38. The number of benzene rings is 1. The number of rotatable bonds is 5. The van der Waals surface area contributed by atoms with Crippen molar-refractivity contribution in [3.05, 3.63) is 56.7 Å². The van der Waals surface area contributed by atoms with Crippen LogP contribution in [0.15, 0.2) is 34.2 Å². The number of H-pyrrole nitrogens is 1. The summed E-state index contributed by atoms with van der Waals surface area (Å²) in [5, 5.41) is 0.572. The molecule has 0 unspecified atom stereocenters. The normalized spacial score (nSPS) is 10.8. The Morgan fingerprint density at radius 1 is 1.45 bits per heavy atom. The van der Waals surface area contributed by atoms with Gasteiger partial charge in [0.1, 0.15) is 5.82 Å². The molecule has 1 aromatic carbocycles. The molecule has 0 bridgehead atoms. The van der Waals surface area contributed by atoms with E-state index in [-0.39, 0.29) is 17.2 Å². The summed E-state index contributed by atoms with van der Waals surface area (Å²) in [5.41, 5.74) is 1.18. The van der Waals surface area contributed by atoms with Crippen molar-refractivity contribution < 1.29 is 9.13 Å². The number of methoxy groups -OCH3 is 1. The van der Waals surface area contributed by atoms with Gasteiger partial charge in [0.25, 0.3) is 5.56 Å². The van der Waals surface area contributed by atoms with Gasteiger partial charge in [0, 0.05) is 18.9 Å². The average Bonchev–Trinajstić information content (AvgIpc) is 2.40. The highest BCUT2D eigenvalue weighted by molar-refractivity contribution is 7.98.